The molecule has 7 aliphatic rings. The Kier molecular flexibility index (Phi) is 4.60. The molecule has 0 aromatic rings. The second kappa shape index (κ2) is 7.06. The summed E-state index contributed by atoms with van der Waals surface area (Å²) < 4.78 is 35.4. The lowest BCUT2D eigenvalue weighted by Gasteiger charge is -2.52. The second-order valence-corrected chi connectivity index (χ2v) is 11.6. The quantitative estimate of drug-likeness (QED) is 0.240. The third-order valence-corrected chi connectivity index (χ3v) is 9.71. The molecule has 12 heteroatoms. The first-order valence-corrected chi connectivity index (χ1v) is 12.4. The Hall–Kier alpha value is -1.64. The summed E-state index contributed by atoms with van der Waals surface area (Å²) in [5, 5.41) is 40.1. The molecular weight excluding hydrogens is 480 g/mol. The van der Waals surface area contributed by atoms with E-state index in [1.807, 2.05) is 13.8 Å². The minimum absolute atomic E-state index is 0.116. The number of rotatable bonds is 4. The largest absolute Gasteiger partial charge is 0.459 e. The fourth-order valence-corrected chi connectivity index (χ4v) is 8.05. The maximum absolute atomic E-state index is 13.1. The molecule has 6 fully saturated rings. The van der Waals surface area contributed by atoms with Crippen LogP contribution in [0.2, 0.25) is 0 Å². The molecule has 7 rings (SSSR count). The van der Waals surface area contributed by atoms with Crippen molar-refractivity contribution in [3.05, 3.63) is 11.6 Å². The molecule has 2 saturated carbocycles. The van der Waals surface area contributed by atoms with E-state index in [-0.39, 0.29) is 24.1 Å². The van der Waals surface area contributed by atoms with Crippen LogP contribution in [0.25, 0.3) is 0 Å². The van der Waals surface area contributed by atoms with E-state index in [4.69, 9.17) is 28.4 Å². The van der Waals surface area contributed by atoms with E-state index in [2.05, 4.69) is 0 Å². The number of esters is 2. The topological polar surface area (TPSA) is 177 Å². The van der Waals surface area contributed by atoms with E-state index >= 15 is 0 Å². The third-order valence-electron chi connectivity index (χ3n) is 9.71. The number of ether oxygens (including phenoxy) is 6. The van der Waals surface area contributed by atoms with E-state index in [0.717, 1.165) is 0 Å². The van der Waals surface area contributed by atoms with Gasteiger partial charge in [-0.25, -0.2) is 4.79 Å². The Morgan fingerprint density at radius 2 is 1.83 bits per heavy atom. The fraction of sp³-hybridized carbons (Fsp3) is 0.833. The number of carbonyl (C=O) groups is 2. The van der Waals surface area contributed by atoms with Crippen molar-refractivity contribution < 1.29 is 58.4 Å². The summed E-state index contributed by atoms with van der Waals surface area (Å²) in [6.45, 7) is 4.91. The monoisotopic (exact) mass is 510 g/mol. The van der Waals surface area contributed by atoms with Crippen LogP contribution in [0, 0.1) is 16.7 Å². The number of fused-ring (bicyclic) bond motifs is 4. The van der Waals surface area contributed by atoms with Crippen LogP contribution < -0.4 is 0 Å². The van der Waals surface area contributed by atoms with Crippen LogP contribution in [0.15, 0.2) is 11.6 Å². The van der Waals surface area contributed by atoms with Crippen LogP contribution in [0.5, 0.6) is 0 Å². The van der Waals surface area contributed by atoms with Crippen LogP contribution >= 0.6 is 0 Å². The highest BCUT2D eigenvalue weighted by molar-refractivity contribution is 5.87. The summed E-state index contributed by atoms with van der Waals surface area (Å²) in [5.74, 6) is -1.12. The van der Waals surface area contributed by atoms with E-state index in [9.17, 15) is 30.0 Å². The Morgan fingerprint density at radius 3 is 2.56 bits per heavy atom. The van der Waals surface area contributed by atoms with Gasteiger partial charge in [0.1, 0.15) is 36.6 Å². The number of carbonyl (C=O) groups excluding carboxylic acids is 2. The molecule has 5 aliphatic heterocycles. The molecule has 5 heterocycles. The number of aliphatic hydroxyl groups excluding tert-OH is 4. The van der Waals surface area contributed by atoms with E-state index in [1.54, 1.807) is 6.92 Å². The van der Waals surface area contributed by atoms with Gasteiger partial charge in [0.2, 0.25) is 0 Å². The van der Waals surface area contributed by atoms with Crippen LogP contribution in [-0.4, -0.2) is 112 Å². The number of epoxide rings is 2. The first-order valence-electron chi connectivity index (χ1n) is 12.4. The van der Waals surface area contributed by atoms with Gasteiger partial charge in [0.15, 0.2) is 18.0 Å². The minimum atomic E-state index is -1.61. The molecule has 12 nitrogen and oxygen atoms in total. The summed E-state index contributed by atoms with van der Waals surface area (Å²) in [6.07, 6.45) is -8.61. The zero-order chi connectivity index (χ0) is 25.5. The van der Waals surface area contributed by atoms with E-state index in [1.165, 1.54) is 6.08 Å². The van der Waals surface area contributed by atoms with Gasteiger partial charge in [0, 0.05) is 17.4 Å². The van der Waals surface area contributed by atoms with Gasteiger partial charge in [-0.15, -0.1) is 0 Å². The van der Waals surface area contributed by atoms with Crippen LogP contribution in [0.4, 0.5) is 0 Å². The molecule has 0 bridgehead atoms. The van der Waals surface area contributed by atoms with E-state index < -0.39 is 84.1 Å². The summed E-state index contributed by atoms with van der Waals surface area (Å²) in [6, 6.07) is 0. The lowest BCUT2D eigenvalue weighted by Crippen LogP contribution is -2.64. The van der Waals surface area contributed by atoms with Crippen LogP contribution in [0.1, 0.15) is 27.2 Å². The molecule has 1 spiro atoms. The van der Waals surface area contributed by atoms with Gasteiger partial charge in [0.05, 0.1) is 30.3 Å². The first-order chi connectivity index (χ1) is 17.0. The zero-order valence-electron chi connectivity index (χ0n) is 20.0. The normalized spacial score (nSPS) is 58.9. The predicted molar refractivity (Wildman–Crippen MR) is 113 cm³/mol. The SMILES string of the molecule is C[C@@H](O[C@@H]1O[C@H](CO)[C@@H](O)[C@H](O)[C@H]1O)[C@H]1OC(=O)C=C2[C@@]3(C)[C@@H]4O[C@@H]4C[C@]4(C)C(=O)O[C@H]([C@H]5O[C@@]251)[C@H]34. The van der Waals surface area contributed by atoms with Crippen LogP contribution in [0.3, 0.4) is 0 Å². The molecule has 0 aromatic carbocycles. The minimum Gasteiger partial charge on any atom is -0.459 e. The standard InChI is InChI=1S/C24H30O12/c1-7(31-20-14(29)13(28)12(27)9(6-25)33-20)17-24-10(4-11(26)34-17)23(3)16-15(19(24)36-24)35-21(30)22(16,2)5-8-18(23)32-8/h4,7-9,12-20,25,27-29H,5-6H2,1-3H3/t7-,8-,9-,12-,13+,14-,15+,16+,17-,18-,19-,20-,22+,23-,24-/m1/s1. The van der Waals surface area contributed by atoms with Gasteiger partial charge in [-0.1, -0.05) is 6.92 Å². The molecule has 4 saturated heterocycles. The van der Waals surface area contributed by atoms with Crippen molar-refractivity contribution in [1.82, 2.24) is 0 Å². The molecule has 198 valence electrons. The highest BCUT2D eigenvalue weighted by atomic mass is 16.7. The average molecular weight is 510 g/mol. The Labute approximate surface area is 206 Å². The van der Waals surface area contributed by atoms with Crippen molar-refractivity contribution in [3.8, 4) is 0 Å². The van der Waals surface area contributed by atoms with Gasteiger partial charge in [-0.05, 0) is 25.8 Å². The van der Waals surface area contributed by atoms with Gasteiger partial charge >= 0.3 is 11.9 Å². The summed E-state index contributed by atoms with van der Waals surface area (Å²) in [7, 11) is 0. The number of hydrogen-bond acceptors (Lipinski definition) is 12. The van der Waals surface area contributed by atoms with Crippen LogP contribution in [-0.2, 0) is 38.0 Å². The molecular formula is C24H30O12. The maximum atomic E-state index is 13.1. The van der Waals surface area contributed by atoms with Crippen molar-refractivity contribution in [2.45, 2.75) is 100 Å². The predicted octanol–water partition coefficient (Wildman–Crippen LogP) is -2.08. The number of aliphatic hydroxyl groups is 4. The molecule has 0 aromatic heterocycles. The molecule has 0 unspecified atom stereocenters. The molecule has 0 amide bonds. The lowest BCUT2D eigenvalue weighted by atomic mass is 9.47. The van der Waals surface area contributed by atoms with Gasteiger partial charge in [-0.3, -0.25) is 4.79 Å². The fourth-order valence-electron chi connectivity index (χ4n) is 8.05. The molecule has 15 atom stereocenters. The Balaban J connectivity index is 1.23. The van der Waals surface area contributed by atoms with Gasteiger partial charge in [0.25, 0.3) is 0 Å². The second-order valence-electron chi connectivity index (χ2n) is 11.6. The summed E-state index contributed by atoms with van der Waals surface area (Å²) in [4.78, 5) is 25.9. The van der Waals surface area contributed by atoms with Crippen molar-refractivity contribution in [2.24, 2.45) is 16.7 Å². The Morgan fingerprint density at radius 1 is 1.08 bits per heavy atom. The van der Waals surface area contributed by atoms with Crippen molar-refractivity contribution in [2.75, 3.05) is 6.61 Å². The number of hydrogen-bond donors (Lipinski definition) is 4. The van der Waals surface area contributed by atoms with Gasteiger partial charge in [-0.2, -0.15) is 0 Å². The average Bonchev–Trinajstić information content (AvgIpc) is 3.74. The molecule has 4 N–H and O–H groups in total. The maximum Gasteiger partial charge on any atom is 0.331 e. The Bertz CT molecular complexity index is 1060. The third kappa shape index (κ3) is 2.61. The highest BCUT2D eigenvalue weighted by Crippen LogP contribution is 2.75. The zero-order valence-corrected chi connectivity index (χ0v) is 20.0. The summed E-state index contributed by atoms with van der Waals surface area (Å²) in [5.41, 5.74) is -1.88. The van der Waals surface area contributed by atoms with Crippen molar-refractivity contribution in [3.63, 3.8) is 0 Å². The molecule has 0 radical (unpaired) electrons. The lowest BCUT2D eigenvalue weighted by molar-refractivity contribution is -0.317. The van der Waals surface area contributed by atoms with Crippen molar-refractivity contribution in [1.29, 1.82) is 0 Å². The molecule has 2 aliphatic carbocycles. The number of cyclic esters (lactones) is 1. The smallest absolute Gasteiger partial charge is 0.331 e. The highest BCUT2D eigenvalue weighted by Gasteiger charge is 2.87. The molecule has 36 heavy (non-hydrogen) atoms. The summed E-state index contributed by atoms with van der Waals surface area (Å²) >= 11 is 0. The van der Waals surface area contributed by atoms with Crippen molar-refractivity contribution >= 4 is 11.9 Å². The van der Waals surface area contributed by atoms with E-state index in [0.29, 0.717) is 12.0 Å². The van der Waals surface area contributed by atoms with Gasteiger partial charge < -0.3 is 48.8 Å². The first kappa shape index (κ1) is 23.5.